The van der Waals surface area contributed by atoms with Crippen LogP contribution in [-0.4, -0.2) is 23.0 Å². The molecule has 3 rings (SSSR count). The van der Waals surface area contributed by atoms with Gasteiger partial charge in [0.1, 0.15) is 5.82 Å². The fourth-order valence-corrected chi connectivity index (χ4v) is 2.03. The van der Waals surface area contributed by atoms with Gasteiger partial charge >= 0.3 is 0 Å². The standard InChI is InChI=1S/C13H13FN2O2/c1-9-12(13-17-6-7-18-13)8-15-16(9)11-4-2-10(14)3-5-11/h2-5,8,13H,6-7H2,1H3. The maximum absolute atomic E-state index is 12.9. The zero-order chi connectivity index (χ0) is 12.5. The first kappa shape index (κ1) is 11.4. The Bertz CT molecular complexity index is 545. The molecule has 0 amide bonds. The highest BCUT2D eigenvalue weighted by atomic mass is 19.1. The number of halogens is 1. The summed E-state index contributed by atoms with van der Waals surface area (Å²) in [5.74, 6) is -0.258. The quantitative estimate of drug-likeness (QED) is 0.818. The van der Waals surface area contributed by atoms with Gasteiger partial charge in [-0.2, -0.15) is 5.10 Å². The van der Waals surface area contributed by atoms with E-state index in [0.29, 0.717) is 13.2 Å². The Morgan fingerprint density at radius 2 is 1.89 bits per heavy atom. The van der Waals surface area contributed by atoms with Gasteiger partial charge in [-0.05, 0) is 31.2 Å². The van der Waals surface area contributed by atoms with E-state index in [4.69, 9.17) is 9.47 Å². The monoisotopic (exact) mass is 248 g/mol. The molecule has 1 aliphatic rings. The van der Waals surface area contributed by atoms with E-state index in [0.717, 1.165) is 16.9 Å². The number of nitrogens with zero attached hydrogens (tertiary/aromatic N) is 2. The molecule has 0 N–H and O–H groups in total. The van der Waals surface area contributed by atoms with E-state index in [-0.39, 0.29) is 12.1 Å². The average Bonchev–Trinajstić information content (AvgIpc) is 2.99. The number of aromatic nitrogens is 2. The molecule has 4 nitrogen and oxygen atoms in total. The van der Waals surface area contributed by atoms with Gasteiger partial charge in [0.25, 0.3) is 0 Å². The summed E-state index contributed by atoms with van der Waals surface area (Å²) in [6.07, 6.45) is 1.40. The van der Waals surface area contributed by atoms with Crippen LogP contribution in [0.2, 0.25) is 0 Å². The molecule has 2 aromatic rings. The van der Waals surface area contributed by atoms with Crippen molar-refractivity contribution >= 4 is 0 Å². The summed E-state index contributed by atoms with van der Waals surface area (Å²) in [5.41, 5.74) is 2.67. The molecule has 1 aromatic carbocycles. The molecule has 0 saturated carbocycles. The topological polar surface area (TPSA) is 36.3 Å². The number of hydrogen-bond acceptors (Lipinski definition) is 3. The maximum atomic E-state index is 12.9. The van der Waals surface area contributed by atoms with Crippen molar-refractivity contribution in [3.8, 4) is 5.69 Å². The number of rotatable bonds is 2. The molecule has 0 spiro atoms. The van der Waals surface area contributed by atoms with E-state index in [2.05, 4.69) is 5.10 Å². The van der Waals surface area contributed by atoms with Crippen LogP contribution in [0.5, 0.6) is 0 Å². The molecular weight excluding hydrogens is 235 g/mol. The van der Waals surface area contributed by atoms with Crippen LogP contribution in [0.1, 0.15) is 17.5 Å². The third kappa shape index (κ3) is 1.91. The summed E-state index contributed by atoms with van der Waals surface area (Å²) in [4.78, 5) is 0. The molecule has 0 aliphatic carbocycles. The van der Waals surface area contributed by atoms with Crippen LogP contribution in [0.4, 0.5) is 4.39 Å². The molecule has 1 saturated heterocycles. The summed E-state index contributed by atoms with van der Waals surface area (Å²) in [5, 5.41) is 4.29. The Balaban J connectivity index is 1.96. The van der Waals surface area contributed by atoms with Crippen LogP contribution in [0.25, 0.3) is 5.69 Å². The first-order chi connectivity index (χ1) is 8.75. The lowest BCUT2D eigenvalue weighted by Gasteiger charge is -2.09. The van der Waals surface area contributed by atoms with Crippen molar-refractivity contribution in [3.05, 3.63) is 47.5 Å². The molecule has 1 fully saturated rings. The van der Waals surface area contributed by atoms with Gasteiger partial charge in [0, 0.05) is 11.3 Å². The smallest absolute Gasteiger partial charge is 0.187 e. The van der Waals surface area contributed by atoms with E-state index in [1.807, 2.05) is 6.92 Å². The molecule has 1 aromatic heterocycles. The van der Waals surface area contributed by atoms with Crippen LogP contribution in [0.3, 0.4) is 0 Å². The highest BCUT2D eigenvalue weighted by Crippen LogP contribution is 2.27. The Kier molecular flexibility index (Phi) is 2.85. The fourth-order valence-electron chi connectivity index (χ4n) is 2.03. The molecule has 0 bridgehead atoms. The van der Waals surface area contributed by atoms with Crippen molar-refractivity contribution in [1.82, 2.24) is 9.78 Å². The normalized spacial score (nSPS) is 16.3. The van der Waals surface area contributed by atoms with E-state index >= 15 is 0 Å². The molecule has 18 heavy (non-hydrogen) atoms. The van der Waals surface area contributed by atoms with Crippen molar-refractivity contribution in [3.63, 3.8) is 0 Å². The highest BCUT2D eigenvalue weighted by Gasteiger charge is 2.23. The van der Waals surface area contributed by atoms with E-state index < -0.39 is 0 Å². The zero-order valence-electron chi connectivity index (χ0n) is 9.97. The van der Waals surface area contributed by atoms with Crippen LogP contribution in [0, 0.1) is 12.7 Å². The summed E-state index contributed by atoms with van der Waals surface area (Å²) in [7, 11) is 0. The van der Waals surface area contributed by atoms with Crippen molar-refractivity contribution < 1.29 is 13.9 Å². The molecule has 1 aliphatic heterocycles. The molecule has 0 atom stereocenters. The highest BCUT2D eigenvalue weighted by molar-refractivity contribution is 5.35. The lowest BCUT2D eigenvalue weighted by molar-refractivity contribution is -0.0445. The second-order valence-electron chi connectivity index (χ2n) is 4.15. The van der Waals surface area contributed by atoms with E-state index in [9.17, 15) is 4.39 Å². The number of ether oxygens (including phenoxy) is 2. The third-order valence-corrected chi connectivity index (χ3v) is 2.99. The molecule has 0 radical (unpaired) electrons. The third-order valence-electron chi connectivity index (χ3n) is 2.99. The lowest BCUT2D eigenvalue weighted by atomic mass is 10.2. The average molecular weight is 248 g/mol. The van der Waals surface area contributed by atoms with Crippen molar-refractivity contribution in [2.75, 3.05) is 13.2 Å². The minimum absolute atomic E-state index is 0.258. The first-order valence-corrected chi connectivity index (χ1v) is 5.79. The lowest BCUT2D eigenvalue weighted by Crippen LogP contribution is -2.02. The van der Waals surface area contributed by atoms with Gasteiger partial charge in [-0.15, -0.1) is 0 Å². The molecule has 2 heterocycles. The second kappa shape index (κ2) is 4.51. The second-order valence-corrected chi connectivity index (χ2v) is 4.15. The Morgan fingerprint density at radius 3 is 2.56 bits per heavy atom. The number of benzene rings is 1. The predicted octanol–water partition coefficient (Wildman–Crippen LogP) is 2.37. The van der Waals surface area contributed by atoms with E-state index in [1.165, 1.54) is 12.1 Å². The molecular formula is C13H13FN2O2. The van der Waals surface area contributed by atoms with E-state index in [1.54, 1.807) is 23.0 Å². The van der Waals surface area contributed by atoms with Gasteiger partial charge in [-0.3, -0.25) is 0 Å². The van der Waals surface area contributed by atoms with Gasteiger partial charge in [0.15, 0.2) is 6.29 Å². The summed E-state index contributed by atoms with van der Waals surface area (Å²) >= 11 is 0. The minimum atomic E-state index is -0.334. The summed E-state index contributed by atoms with van der Waals surface area (Å²) in [6.45, 7) is 3.15. The maximum Gasteiger partial charge on any atom is 0.187 e. The van der Waals surface area contributed by atoms with Gasteiger partial charge in [-0.25, -0.2) is 9.07 Å². The predicted molar refractivity (Wildman–Crippen MR) is 62.9 cm³/mol. The Morgan fingerprint density at radius 1 is 1.22 bits per heavy atom. The minimum Gasteiger partial charge on any atom is -0.346 e. The van der Waals surface area contributed by atoms with Crippen molar-refractivity contribution in [2.45, 2.75) is 13.2 Å². The number of hydrogen-bond donors (Lipinski definition) is 0. The van der Waals surface area contributed by atoms with Crippen molar-refractivity contribution in [1.29, 1.82) is 0 Å². The van der Waals surface area contributed by atoms with Gasteiger partial charge < -0.3 is 9.47 Å². The summed E-state index contributed by atoms with van der Waals surface area (Å²) < 4.78 is 25.5. The SMILES string of the molecule is Cc1c(C2OCCO2)cnn1-c1ccc(F)cc1. The van der Waals surface area contributed by atoms with Crippen molar-refractivity contribution in [2.24, 2.45) is 0 Å². The van der Waals surface area contributed by atoms with Gasteiger partial charge in [-0.1, -0.05) is 0 Å². The largest absolute Gasteiger partial charge is 0.346 e. The first-order valence-electron chi connectivity index (χ1n) is 5.79. The van der Waals surface area contributed by atoms with Crippen LogP contribution < -0.4 is 0 Å². The molecule has 0 unspecified atom stereocenters. The fraction of sp³-hybridized carbons (Fsp3) is 0.308. The Labute approximate surface area is 104 Å². The molecule has 5 heteroatoms. The summed E-state index contributed by atoms with van der Waals surface area (Å²) in [6, 6.07) is 6.21. The van der Waals surface area contributed by atoms with Crippen LogP contribution in [-0.2, 0) is 9.47 Å². The van der Waals surface area contributed by atoms with Gasteiger partial charge in [0.2, 0.25) is 0 Å². The van der Waals surface area contributed by atoms with Gasteiger partial charge in [0.05, 0.1) is 25.1 Å². The zero-order valence-corrected chi connectivity index (χ0v) is 9.97. The molecule has 94 valence electrons. The van der Waals surface area contributed by atoms with Crippen LogP contribution in [0.15, 0.2) is 30.5 Å². The Hall–Kier alpha value is -1.72. The van der Waals surface area contributed by atoms with Crippen LogP contribution >= 0.6 is 0 Å².